The molecular formula is C15H16N2O2. The summed E-state index contributed by atoms with van der Waals surface area (Å²) in [4.78, 5) is 13.3. The van der Waals surface area contributed by atoms with Gasteiger partial charge in [-0.3, -0.25) is 4.79 Å². The molecule has 3 N–H and O–H groups in total. The first-order valence-electron chi connectivity index (χ1n) is 6.40. The molecule has 4 heteroatoms. The number of aromatic hydroxyl groups is 1. The number of rotatable bonds is 2. The highest BCUT2D eigenvalue weighted by Gasteiger charge is 2.19. The molecule has 0 saturated carbocycles. The molecule has 0 amide bonds. The zero-order valence-electron chi connectivity index (χ0n) is 10.5. The van der Waals surface area contributed by atoms with Gasteiger partial charge in [0.15, 0.2) is 6.29 Å². The Kier molecular flexibility index (Phi) is 2.87. The summed E-state index contributed by atoms with van der Waals surface area (Å²) in [5.74, 6) is 0.0263. The number of phenolic OH excluding ortho intramolecular Hbond substituents is 1. The van der Waals surface area contributed by atoms with Crippen LogP contribution in [-0.4, -0.2) is 30.5 Å². The molecule has 2 aromatic rings. The van der Waals surface area contributed by atoms with Crippen LogP contribution in [0.1, 0.15) is 16.8 Å². The Morgan fingerprint density at radius 3 is 2.84 bits per heavy atom. The van der Waals surface area contributed by atoms with Gasteiger partial charge in [-0.1, -0.05) is 12.1 Å². The van der Waals surface area contributed by atoms with Gasteiger partial charge in [0.25, 0.3) is 0 Å². The summed E-state index contributed by atoms with van der Waals surface area (Å²) >= 11 is 0. The average Bonchev–Trinajstić information content (AvgIpc) is 2.85. The van der Waals surface area contributed by atoms with E-state index in [9.17, 15) is 9.90 Å². The molecule has 1 heterocycles. The molecule has 1 aliphatic heterocycles. The summed E-state index contributed by atoms with van der Waals surface area (Å²) < 4.78 is 0. The molecule has 4 nitrogen and oxygen atoms in total. The Bertz CT molecular complexity index is 639. The van der Waals surface area contributed by atoms with E-state index >= 15 is 0 Å². The fraction of sp³-hybridized carbons (Fsp3) is 0.267. The van der Waals surface area contributed by atoms with Crippen LogP contribution in [0.4, 0.5) is 5.69 Å². The molecule has 19 heavy (non-hydrogen) atoms. The number of benzene rings is 2. The normalized spacial score (nSPS) is 19.0. The maximum absolute atomic E-state index is 11.0. The topological polar surface area (TPSA) is 66.6 Å². The lowest BCUT2D eigenvalue weighted by Crippen LogP contribution is -2.26. The first-order chi connectivity index (χ1) is 9.19. The number of nitrogens with zero attached hydrogens (tertiary/aromatic N) is 1. The SMILES string of the molecule is NC1CCN(c2ccc3c(C=O)c(O)ccc3c2)C1. The number of nitrogens with two attached hydrogens (primary N) is 1. The lowest BCUT2D eigenvalue weighted by molar-refractivity contribution is 0.112. The molecular weight excluding hydrogens is 240 g/mol. The van der Waals surface area contributed by atoms with E-state index in [2.05, 4.69) is 4.90 Å². The van der Waals surface area contributed by atoms with E-state index in [4.69, 9.17) is 5.73 Å². The second-order valence-electron chi connectivity index (χ2n) is 5.02. The minimum Gasteiger partial charge on any atom is -0.507 e. The highest BCUT2D eigenvalue weighted by molar-refractivity contribution is 6.01. The van der Waals surface area contributed by atoms with Crippen molar-refractivity contribution >= 4 is 22.7 Å². The van der Waals surface area contributed by atoms with Crippen molar-refractivity contribution in [1.29, 1.82) is 0 Å². The number of anilines is 1. The summed E-state index contributed by atoms with van der Waals surface area (Å²) in [6, 6.07) is 9.54. The smallest absolute Gasteiger partial charge is 0.154 e. The van der Waals surface area contributed by atoms with Crippen LogP contribution in [0, 0.1) is 0 Å². The van der Waals surface area contributed by atoms with Gasteiger partial charge < -0.3 is 15.7 Å². The number of carbonyl (C=O) groups excluding carboxylic acids is 1. The van der Waals surface area contributed by atoms with Crippen molar-refractivity contribution in [2.45, 2.75) is 12.5 Å². The molecule has 0 bridgehead atoms. The quantitative estimate of drug-likeness (QED) is 0.805. The third-order valence-corrected chi connectivity index (χ3v) is 3.73. The monoisotopic (exact) mass is 256 g/mol. The van der Waals surface area contributed by atoms with Gasteiger partial charge >= 0.3 is 0 Å². The number of phenols is 1. The zero-order chi connectivity index (χ0) is 13.4. The van der Waals surface area contributed by atoms with Crippen molar-refractivity contribution in [3.8, 4) is 5.75 Å². The molecule has 0 aromatic heterocycles. The number of carbonyl (C=O) groups is 1. The fourth-order valence-electron chi connectivity index (χ4n) is 2.67. The minimum absolute atomic E-state index is 0.0263. The third kappa shape index (κ3) is 2.04. The van der Waals surface area contributed by atoms with Gasteiger partial charge in [0.2, 0.25) is 0 Å². The van der Waals surface area contributed by atoms with Crippen LogP contribution in [0.25, 0.3) is 10.8 Å². The summed E-state index contributed by atoms with van der Waals surface area (Å²) in [6.45, 7) is 1.83. The van der Waals surface area contributed by atoms with E-state index in [0.29, 0.717) is 11.8 Å². The number of aldehydes is 1. The summed E-state index contributed by atoms with van der Waals surface area (Å²) in [7, 11) is 0. The molecule has 0 spiro atoms. The zero-order valence-corrected chi connectivity index (χ0v) is 10.5. The van der Waals surface area contributed by atoms with E-state index in [1.807, 2.05) is 24.3 Å². The largest absolute Gasteiger partial charge is 0.507 e. The van der Waals surface area contributed by atoms with E-state index in [1.165, 1.54) is 0 Å². The minimum atomic E-state index is 0.0263. The second-order valence-corrected chi connectivity index (χ2v) is 5.02. The predicted octanol–water partition coefficient (Wildman–Crippen LogP) is 1.90. The Balaban J connectivity index is 2.07. The molecule has 1 fully saturated rings. The van der Waals surface area contributed by atoms with E-state index in [0.717, 1.165) is 36.0 Å². The van der Waals surface area contributed by atoms with Crippen LogP contribution >= 0.6 is 0 Å². The summed E-state index contributed by atoms with van der Waals surface area (Å²) in [6.07, 6.45) is 1.70. The van der Waals surface area contributed by atoms with Gasteiger partial charge in [-0.25, -0.2) is 0 Å². The lowest BCUT2D eigenvalue weighted by Gasteiger charge is -2.18. The standard InChI is InChI=1S/C15H16N2O2/c16-11-5-6-17(8-11)12-2-3-13-10(7-12)1-4-15(19)14(13)9-18/h1-4,7,9,11,19H,5-6,8,16H2. The molecule has 3 rings (SSSR count). The Morgan fingerprint density at radius 2 is 2.16 bits per heavy atom. The highest BCUT2D eigenvalue weighted by Crippen LogP contribution is 2.30. The summed E-state index contributed by atoms with van der Waals surface area (Å²) in [5, 5.41) is 11.4. The Hall–Kier alpha value is -2.07. The molecule has 1 unspecified atom stereocenters. The van der Waals surface area contributed by atoms with E-state index in [-0.39, 0.29) is 11.8 Å². The van der Waals surface area contributed by atoms with Crippen LogP contribution in [0.15, 0.2) is 30.3 Å². The van der Waals surface area contributed by atoms with Gasteiger partial charge in [-0.2, -0.15) is 0 Å². The van der Waals surface area contributed by atoms with Crippen molar-refractivity contribution in [3.05, 3.63) is 35.9 Å². The Morgan fingerprint density at radius 1 is 1.32 bits per heavy atom. The first-order valence-corrected chi connectivity index (χ1v) is 6.40. The van der Waals surface area contributed by atoms with E-state index in [1.54, 1.807) is 6.07 Å². The van der Waals surface area contributed by atoms with Gasteiger partial charge in [0.1, 0.15) is 5.75 Å². The van der Waals surface area contributed by atoms with Crippen molar-refractivity contribution in [3.63, 3.8) is 0 Å². The molecule has 98 valence electrons. The molecule has 1 atom stereocenters. The first kappa shape index (κ1) is 12.0. The van der Waals surface area contributed by atoms with Gasteiger partial charge in [-0.15, -0.1) is 0 Å². The molecule has 1 saturated heterocycles. The molecule has 2 aromatic carbocycles. The number of hydrogen-bond acceptors (Lipinski definition) is 4. The molecule has 1 aliphatic rings. The third-order valence-electron chi connectivity index (χ3n) is 3.73. The highest BCUT2D eigenvalue weighted by atomic mass is 16.3. The van der Waals surface area contributed by atoms with Crippen LogP contribution in [0.5, 0.6) is 5.75 Å². The van der Waals surface area contributed by atoms with Gasteiger partial charge in [-0.05, 0) is 35.4 Å². The fourth-order valence-corrected chi connectivity index (χ4v) is 2.67. The number of hydrogen-bond donors (Lipinski definition) is 2. The van der Waals surface area contributed by atoms with Gasteiger partial charge in [0.05, 0.1) is 5.56 Å². The lowest BCUT2D eigenvalue weighted by atomic mass is 10.0. The van der Waals surface area contributed by atoms with Crippen LogP contribution in [0.2, 0.25) is 0 Å². The van der Waals surface area contributed by atoms with Crippen molar-refractivity contribution in [2.75, 3.05) is 18.0 Å². The maximum Gasteiger partial charge on any atom is 0.154 e. The van der Waals surface area contributed by atoms with Crippen LogP contribution < -0.4 is 10.6 Å². The molecule has 0 aliphatic carbocycles. The van der Waals surface area contributed by atoms with Crippen LogP contribution in [0.3, 0.4) is 0 Å². The second kappa shape index (κ2) is 4.55. The number of fused-ring (bicyclic) bond motifs is 1. The summed E-state index contributed by atoms with van der Waals surface area (Å²) in [5.41, 5.74) is 7.38. The maximum atomic E-state index is 11.0. The predicted molar refractivity (Wildman–Crippen MR) is 75.8 cm³/mol. The van der Waals surface area contributed by atoms with Crippen molar-refractivity contribution in [2.24, 2.45) is 5.73 Å². The molecule has 0 radical (unpaired) electrons. The van der Waals surface area contributed by atoms with Crippen molar-refractivity contribution < 1.29 is 9.90 Å². The van der Waals surface area contributed by atoms with Crippen LogP contribution in [-0.2, 0) is 0 Å². The van der Waals surface area contributed by atoms with E-state index < -0.39 is 0 Å². The van der Waals surface area contributed by atoms with Gasteiger partial charge in [0, 0.05) is 24.8 Å². The Labute approximate surface area is 111 Å². The average molecular weight is 256 g/mol. The van der Waals surface area contributed by atoms with Crippen molar-refractivity contribution in [1.82, 2.24) is 0 Å².